The van der Waals surface area contributed by atoms with Gasteiger partial charge < -0.3 is 14.5 Å². The summed E-state index contributed by atoms with van der Waals surface area (Å²) in [6.07, 6.45) is 7.57. The molecule has 0 bridgehead atoms. The summed E-state index contributed by atoms with van der Waals surface area (Å²) in [5, 5.41) is 3.03. The van der Waals surface area contributed by atoms with Gasteiger partial charge in [0.25, 0.3) is 0 Å². The van der Waals surface area contributed by atoms with E-state index >= 15 is 0 Å². The zero-order chi connectivity index (χ0) is 21.2. The molecule has 1 amide bonds. The number of para-hydroxylation sites is 2. The fraction of sp³-hybridized carbons (Fsp3) is 0.292. The summed E-state index contributed by atoms with van der Waals surface area (Å²) < 4.78 is 4.32. The fourth-order valence-electron chi connectivity index (χ4n) is 4.25. The van der Waals surface area contributed by atoms with Gasteiger partial charge in [-0.3, -0.25) is 4.79 Å². The summed E-state index contributed by atoms with van der Waals surface area (Å²) in [7, 11) is 0. The van der Waals surface area contributed by atoms with Crippen LogP contribution in [-0.4, -0.2) is 31.3 Å². The summed E-state index contributed by atoms with van der Waals surface area (Å²) in [6, 6.07) is 15.9. The number of hydrogen-bond donors (Lipinski definition) is 1. The molecular formula is C24H25N5OS. The van der Waals surface area contributed by atoms with Crippen LogP contribution < -0.4 is 5.32 Å². The lowest BCUT2D eigenvalue weighted by Gasteiger charge is -2.16. The molecular weight excluding hydrogens is 406 g/mol. The van der Waals surface area contributed by atoms with Crippen LogP contribution in [0.5, 0.6) is 0 Å². The Kier molecular flexibility index (Phi) is 5.51. The van der Waals surface area contributed by atoms with Gasteiger partial charge in [-0.15, -0.1) is 0 Å². The SMILES string of the molecule is CSCc1nc2ccccc2n1CC(=O)Nc1ccc(-c2ncc3n2CCCC3)cc1. The Morgan fingerprint density at radius 3 is 2.81 bits per heavy atom. The molecule has 6 nitrogen and oxygen atoms in total. The highest BCUT2D eigenvalue weighted by atomic mass is 32.2. The minimum absolute atomic E-state index is 0.0588. The fourth-order valence-corrected chi connectivity index (χ4v) is 4.73. The Morgan fingerprint density at radius 1 is 1.13 bits per heavy atom. The molecule has 158 valence electrons. The molecule has 3 heterocycles. The minimum Gasteiger partial charge on any atom is -0.328 e. The maximum absolute atomic E-state index is 12.8. The van der Waals surface area contributed by atoms with Crippen LogP contribution in [0.3, 0.4) is 0 Å². The van der Waals surface area contributed by atoms with E-state index in [9.17, 15) is 4.79 Å². The number of amides is 1. The quantitative estimate of drug-likeness (QED) is 0.479. The Hall–Kier alpha value is -3.06. The van der Waals surface area contributed by atoms with E-state index in [2.05, 4.69) is 14.9 Å². The van der Waals surface area contributed by atoms with E-state index in [1.165, 1.54) is 18.5 Å². The standard InChI is InChI=1S/C24H25N5OS/c1-31-16-22-27-20-7-2-3-8-21(20)29(22)15-23(30)26-18-11-9-17(10-12-18)24-25-14-19-6-4-5-13-28(19)24/h2-3,7-12,14H,4-6,13,15-16H2,1H3,(H,26,30). The number of anilines is 1. The molecule has 5 rings (SSSR count). The van der Waals surface area contributed by atoms with Gasteiger partial charge >= 0.3 is 0 Å². The number of carbonyl (C=O) groups excluding carboxylic acids is 1. The Labute approximate surface area is 185 Å². The number of nitrogens with zero attached hydrogens (tertiary/aromatic N) is 4. The first-order valence-electron chi connectivity index (χ1n) is 10.6. The first-order chi connectivity index (χ1) is 15.2. The highest BCUT2D eigenvalue weighted by molar-refractivity contribution is 7.97. The van der Waals surface area contributed by atoms with Crippen molar-refractivity contribution in [2.24, 2.45) is 0 Å². The van der Waals surface area contributed by atoms with Crippen molar-refractivity contribution in [3.8, 4) is 11.4 Å². The third-order valence-corrected chi connectivity index (χ3v) is 6.29. The van der Waals surface area contributed by atoms with E-state index in [1.807, 2.05) is 65.6 Å². The van der Waals surface area contributed by atoms with Gasteiger partial charge in [-0.25, -0.2) is 9.97 Å². The maximum atomic E-state index is 12.8. The van der Waals surface area contributed by atoms with E-state index in [0.29, 0.717) is 0 Å². The highest BCUT2D eigenvalue weighted by Crippen LogP contribution is 2.26. The average molecular weight is 432 g/mol. The summed E-state index contributed by atoms with van der Waals surface area (Å²) in [4.78, 5) is 22.1. The van der Waals surface area contributed by atoms with Gasteiger partial charge in [0.1, 0.15) is 18.2 Å². The van der Waals surface area contributed by atoms with Gasteiger partial charge in [-0.2, -0.15) is 11.8 Å². The lowest BCUT2D eigenvalue weighted by molar-refractivity contribution is -0.116. The lowest BCUT2D eigenvalue weighted by atomic mass is 10.1. The molecule has 31 heavy (non-hydrogen) atoms. The smallest absolute Gasteiger partial charge is 0.244 e. The van der Waals surface area contributed by atoms with Crippen molar-refractivity contribution in [3.05, 3.63) is 66.2 Å². The van der Waals surface area contributed by atoms with Crippen molar-refractivity contribution >= 4 is 34.4 Å². The van der Waals surface area contributed by atoms with E-state index in [0.717, 1.165) is 52.7 Å². The van der Waals surface area contributed by atoms with Crippen LogP contribution in [0.25, 0.3) is 22.4 Å². The molecule has 0 radical (unpaired) electrons. The normalized spacial score (nSPS) is 13.3. The average Bonchev–Trinajstić information content (AvgIpc) is 3.37. The minimum atomic E-state index is -0.0588. The van der Waals surface area contributed by atoms with Gasteiger partial charge in [0.15, 0.2) is 0 Å². The number of aromatic nitrogens is 4. The molecule has 1 aliphatic rings. The number of fused-ring (bicyclic) bond motifs is 2. The van der Waals surface area contributed by atoms with Crippen molar-refractivity contribution in [2.45, 2.75) is 38.1 Å². The number of nitrogens with one attached hydrogen (secondary N) is 1. The first kappa shape index (κ1) is 19.9. The second kappa shape index (κ2) is 8.59. The number of aryl methyl sites for hydroxylation is 1. The largest absolute Gasteiger partial charge is 0.328 e. The lowest BCUT2D eigenvalue weighted by Crippen LogP contribution is -2.20. The van der Waals surface area contributed by atoms with Crippen molar-refractivity contribution in [1.82, 2.24) is 19.1 Å². The summed E-state index contributed by atoms with van der Waals surface area (Å²) in [5.74, 6) is 2.64. The van der Waals surface area contributed by atoms with Crippen molar-refractivity contribution in [1.29, 1.82) is 0 Å². The van der Waals surface area contributed by atoms with E-state index < -0.39 is 0 Å². The molecule has 1 N–H and O–H groups in total. The molecule has 0 aliphatic carbocycles. The summed E-state index contributed by atoms with van der Waals surface area (Å²) >= 11 is 1.70. The zero-order valence-corrected chi connectivity index (χ0v) is 18.4. The predicted octanol–water partition coefficient (Wildman–Crippen LogP) is 4.74. The van der Waals surface area contributed by atoms with E-state index in [1.54, 1.807) is 11.8 Å². The number of hydrogen-bond acceptors (Lipinski definition) is 4. The van der Waals surface area contributed by atoms with Crippen LogP contribution in [0.1, 0.15) is 24.4 Å². The van der Waals surface area contributed by atoms with Crippen LogP contribution >= 0.6 is 11.8 Å². The van der Waals surface area contributed by atoms with Gasteiger partial charge in [0, 0.05) is 29.7 Å². The molecule has 4 aromatic rings. The third kappa shape index (κ3) is 3.97. The number of rotatable bonds is 6. The van der Waals surface area contributed by atoms with Crippen molar-refractivity contribution in [3.63, 3.8) is 0 Å². The van der Waals surface area contributed by atoms with Gasteiger partial charge in [0.2, 0.25) is 5.91 Å². The van der Waals surface area contributed by atoms with Gasteiger partial charge in [-0.1, -0.05) is 12.1 Å². The Bertz CT molecular complexity index is 1220. The molecule has 0 unspecified atom stereocenters. The number of imidazole rings is 2. The molecule has 0 fully saturated rings. The third-order valence-electron chi connectivity index (χ3n) is 5.74. The van der Waals surface area contributed by atoms with Crippen molar-refractivity contribution < 1.29 is 4.79 Å². The summed E-state index contributed by atoms with van der Waals surface area (Å²) in [6.45, 7) is 1.27. The van der Waals surface area contributed by atoms with Crippen LogP contribution in [-0.2, 0) is 30.1 Å². The molecule has 0 spiro atoms. The molecule has 0 atom stereocenters. The molecule has 2 aromatic carbocycles. The van der Waals surface area contributed by atoms with E-state index in [4.69, 9.17) is 4.98 Å². The summed E-state index contributed by atoms with van der Waals surface area (Å²) in [5.41, 5.74) is 5.09. The number of carbonyl (C=O) groups is 1. The molecule has 7 heteroatoms. The molecule has 0 saturated heterocycles. The van der Waals surface area contributed by atoms with Crippen LogP contribution in [0.2, 0.25) is 0 Å². The Morgan fingerprint density at radius 2 is 1.97 bits per heavy atom. The van der Waals surface area contributed by atoms with Gasteiger partial charge in [0.05, 0.1) is 16.8 Å². The molecule has 1 aliphatic heterocycles. The second-order valence-corrected chi connectivity index (χ2v) is 8.71. The van der Waals surface area contributed by atoms with Gasteiger partial charge in [-0.05, 0) is 61.9 Å². The Balaban J connectivity index is 1.32. The van der Waals surface area contributed by atoms with Crippen molar-refractivity contribution in [2.75, 3.05) is 11.6 Å². The predicted molar refractivity (Wildman–Crippen MR) is 126 cm³/mol. The zero-order valence-electron chi connectivity index (χ0n) is 17.5. The maximum Gasteiger partial charge on any atom is 0.244 e. The second-order valence-electron chi connectivity index (χ2n) is 7.84. The molecule has 0 saturated carbocycles. The molecule has 2 aromatic heterocycles. The van der Waals surface area contributed by atoms with Crippen LogP contribution in [0, 0.1) is 0 Å². The highest BCUT2D eigenvalue weighted by Gasteiger charge is 2.16. The number of benzene rings is 2. The monoisotopic (exact) mass is 431 g/mol. The first-order valence-corrected chi connectivity index (χ1v) is 12.0. The van der Waals surface area contributed by atoms with Crippen LogP contribution in [0.15, 0.2) is 54.7 Å². The van der Waals surface area contributed by atoms with E-state index in [-0.39, 0.29) is 12.5 Å². The topological polar surface area (TPSA) is 64.7 Å². The number of thioether (sulfide) groups is 1. The van der Waals surface area contributed by atoms with Crippen LogP contribution in [0.4, 0.5) is 5.69 Å².